The van der Waals surface area contributed by atoms with Gasteiger partial charge in [-0.15, -0.1) is 10.1 Å². The first-order valence-electron chi connectivity index (χ1n) is 10.9. The van der Waals surface area contributed by atoms with Crippen molar-refractivity contribution < 1.29 is 33.8 Å². The van der Waals surface area contributed by atoms with E-state index in [-0.39, 0.29) is 42.2 Å². The maximum atomic E-state index is 13.6. The molecule has 9 heteroatoms. The summed E-state index contributed by atoms with van der Waals surface area (Å²) in [6, 6.07) is 0. The van der Waals surface area contributed by atoms with Gasteiger partial charge in [-0.1, -0.05) is 25.5 Å². The summed E-state index contributed by atoms with van der Waals surface area (Å²) in [5.74, 6) is -2.15. The summed E-state index contributed by atoms with van der Waals surface area (Å²) in [4.78, 5) is 66.5. The van der Waals surface area contributed by atoms with Crippen molar-refractivity contribution in [3.8, 4) is 0 Å². The highest BCUT2D eigenvalue weighted by atomic mass is 17.0. The first kappa shape index (κ1) is 22.4. The fourth-order valence-corrected chi connectivity index (χ4v) is 7.09. The number of rotatable bonds is 5. The van der Waals surface area contributed by atoms with Gasteiger partial charge in [-0.05, 0) is 49.7 Å². The second-order valence-corrected chi connectivity index (χ2v) is 9.92. The van der Waals surface area contributed by atoms with E-state index >= 15 is 0 Å². The van der Waals surface area contributed by atoms with Crippen molar-refractivity contribution >= 4 is 23.3 Å². The molecule has 3 saturated carbocycles. The highest BCUT2D eigenvalue weighted by Crippen LogP contribution is 2.66. The number of esters is 1. The van der Waals surface area contributed by atoms with Crippen molar-refractivity contribution in [1.82, 2.24) is 0 Å². The molecule has 9 nitrogen and oxygen atoms in total. The quantitative estimate of drug-likeness (QED) is 0.358. The van der Waals surface area contributed by atoms with Crippen molar-refractivity contribution in [1.29, 1.82) is 0 Å². The molecule has 0 heterocycles. The zero-order valence-corrected chi connectivity index (χ0v) is 18.4. The average Bonchev–Trinajstić information content (AvgIpc) is 2.98. The molecule has 4 aliphatic carbocycles. The maximum absolute atomic E-state index is 13.6. The smallest absolute Gasteiger partial charge is 0.303 e. The Morgan fingerprint density at radius 3 is 2.62 bits per heavy atom. The fraction of sp³-hybridized carbons (Fsp3) is 0.652. The Bertz CT molecular complexity index is 982. The van der Waals surface area contributed by atoms with Gasteiger partial charge in [0.2, 0.25) is 5.78 Å². The van der Waals surface area contributed by atoms with E-state index in [2.05, 4.69) is 0 Å². The van der Waals surface area contributed by atoms with Crippen LogP contribution in [0.4, 0.5) is 0 Å². The number of hydrogen-bond acceptors (Lipinski definition) is 8. The largest absolute Gasteiger partial charge is 0.458 e. The van der Waals surface area contributed by atoms with E-state index in [0.29, 0.717) is 19.3 Å². The van der Waals surface area contributed by atoms with Gasteiger partial charge in [-0.3, -0.25) is 24.0 Å². The lowest BCUT2D eigenvalue weighted by atomic mass is 9.46. The van der Waals surface area contributed by atoms with Gasteiger partial charge in [0.1, 0.15) is 5.78 Å². The molecule has 32 heavy (non-hydrogen) atoms. The topological polar surface area (TPSA) is 130 Å². The Hall–Kier alpha value is -2.84. The summed E-state index contributed by atoms with van der Waals surface area (Å²) in [6.45, 7) is 4.21. The standard InChI is InChI=1S/C23H27NO8/c1-13(25)31-12-19(28)23(32-24(29)30)9-7-17-16-5-4-14-10-15(26)6-8-21(14,2)20(16)18(27)11-22(17,23)3/h6,8,10,16-17,20H,4-5,7,9,11-12H2,1-3H3/t16-,17-,20+,21-,22-,23-/m0/s1. The van der Waals surface area contributed by atoms with E-state index in [0.717, 1.165) is 12.5 Å². The normalized spacial score (nSPS) is 40.0. The van der Waals surface area contributed by atoms with Crippen LogP contribution in [0.25, 0.3) is 0 Å². The van der Waals surface area contributed by atoms with Crippen LogP contribution in [-0.2, 0) is 28.8 Å². The van der Waals surface area contributed by atoms with Crippen LogP contribution in [0.2, 0.25) is 0 Å². The number of ether oxygens (including phenoxy) is 1. The summed E-state index contributed by atoms with van der Waals surface area (Å²) >= 11 is 0. The third kappa shape index (κ3) is 3.04. The van der Waals surface area contributed by atoms with E-state index in [9.17, 15) is 29.3 Å². The zero-order valence-electron chi connectivity index (χ0n) is 18.4. The monoisotopic (exact) mass is 445 g/mol. The van der Waals surface area contributed by atoms with Gasteiger partial charge >= 0.3 is 5.97 Å². The molecule has 0 saturated heterocycles. The lowest BCUT2D eigenvalue weighted by molar-refractivity contribution is -0.780. The Labute approximate surface area is 185 Å². The number of Topliss-reactive ketones (excluding diaryl/α,β-unsaturated/α-hetero) is 2. The Morgan fingerprint density at radius 1 is 1.25 bits per heavy atom. The predicted molar refractivity (Wildman–Crippen MR) is 109 cm³/mol. The van der Waals surface area contributed by atoms with Crippen molar-refractivity contribution in [2.45, 2.75) is 58.5 Å². The van der Waals surface area contributed by atoms with Crippen LogP contribution in [-0.4, -0.2) is 40.6 Å². The first-order chi connectivity index (χ1) is 14.9. The first-order valence-corrected chi connectivity index (χ1v) is 10.9. The third-order valence-electron chi connectivity index (χ3n) is 8.46. The highest BCUT2D eigenvalue weighted by molar-refractivity contribution is 6.02. The minimum atomic E-state index is -1.84. The number of hydrogen-bond donors (Lipinski definition) is 0. The van der Waals surface area contributed by atoms with Crippen LogP contribution in [0.3, 0.4) is 0 Å². The average molecular weight is 445 g/mol. The van der Waals surface area contributed by atoms with Crippen molar-refractivity contribution in [3.05, 3.63) is 33.9 Å². The summed E-state index contributed by atoms with van der Waals surface area (Å²) in [6.07, 6.45) is 6.78. The molecule has 172 valence electrons. The van der Waals surface area contributed by atoms with E-state index in [1.807, 2.05) is 13.0 Å². The van der Waals surface area contributed by atoms with Crippen LogP contribution >= 0.6 is 0 Å². The van der Waals surface area contributed by atoms with Crippen LogP contribution < -0.4 is 0 Å². The summed E-state index contributed by atoms with van der Waals surface area (Å²) in [5, 5.41) is 10.5. The molecular formula is C23H27NO8. The second-order valence-electron chi connectivity index (χ2n) is 9.92. The molecule has 0 radical (unpaired) electrons. The highest BCUT2D eigenvalue weighted by Gasteiger charge is 2.70. The van der Waals surface area contributed by atoms with Crippen molar-refractivity contribution in [2.24, 2.45) is 28.6 Å². The minimum Gasteiger partial charge on any atom is -0.458 e. The molecule has 0 bridgehead atoms. The predicted octanol–water partition coefficient (Wildman–Crippen LogP) is 2.55. The Balaban J connectivity index is 1.74. The summed E-state index contributed by atoms with van der Waals surface area (Å²) in [5.41, 5.74) is -2.57. The molecule has 6 atom stereocenters. The van der Waals surface area contributed by atoms with Crippen molar-refractivity contribution in [3.63, 3.8) is 0 Å². The summed E-state index contributed by atoms with van der Waals surface area (Å²) in [7, 11) is 0. The minimum absolute atomic E-state index is 0.0524. The molecule has 0 aliphatic heterocycles. The van der Waals surface area contributed by atoms with E-state index in [1.54, 1.807) is 13.0 Å². The fourth-order valence-electron chi connectivity index (χ4n) is 7.09. The van der Waals surface area contributed by atoms with Gasteiger partial charge < -0.3 is 4.74 Å². The molecule has 0 aromatic rings. The lowest BCUT2D eigenvalue weighted by Gasteiger charge is -2.56. The Kier molecular flexibility index (Phi) is 5.14. The molecule has 0 aromatic heterocycles. The number of ketones is 3. The van der Waals surface area contributed by atoms with Gasteiger partial charge in [0.05, 0.1) is 0 Å². The summed E-state index contributed by atoms with van der Waals surface area (Å²) < 4.78 is 4.85. The number of fused-ring (bicyclic) bond motifs is 5. The molecular weight excluding hydrogens is 418 g/mol. The number of carbonyl (C=O) groups is 4. The lowest BCUT2D eigenvalue weighted by Crippen LogP contribution is -2.62. The molecule has 4 aliphatic rings. The van der Waals surface area contributed by atoms with Crippen LogP contribution in [0, 0.1) is 38.7 Å². The van der Waals surface area contributed by atoms with E-state index in [4.69, 9.17) is 9.57 Å². The molecule has 0 aromatic carbocycles. The van der Waals surface area contributed by atoms with Crippen LogP contribution in [0.1, 0.15) is 52.9 Å². The van der Waals surface area contributed by atoms with Gasteiger partial charge in [0.15, 0.2) is 18.0 Å². The SMILES string of the molecule is CC(=O)OCC(=O)[C@@]1(O[N+](=O)[O-])CC[C@H]2[C@@H]3CCC4=CC(=O)C=C[C@]4(C)[C@H]3C(=O)C[C@@]21C. The Morgan fingerprint density at radius 2 is 1.97 bits per heavy atom. The maximum Gasteiger partial charge on any atom is 0.303 e. The van der Waals surface area contributed by atoms with Crippen LogP contribution in [0.5, 0.6) is 0 Å². The molecule has 0 N–H and O–H groups in total. The van der Waals surface area contributed by atoms with Crippen molar-refractivity contribution in [2.75, 3.05) is 6.61 Å². The zero-order chi connectivity index (χ0) is 23.5. The molecule has 0 unspecified atom stereocenters. The van der Waals surface area contributed by atoms with E-state index in [1.165, 1.54) is 6.08 Å². The molecule has 4 rings (SSSR count). The second kappa shape index (κ2) is 7.35. The number of carbonyl (C=O) groups excluding carboxylic acids is 4. The van der Waals surface area contributed by atoms with Crippen LogP contribution in [0.15, 0.2) is 23.8 Å². The molecule has 0 amide bonds. The number of allylic oxidation sites excluding steroid dienone is 4. The van der Waals surface area contributed by atoms with Gasteiger partial charge in [0.25, 0.3) is 5.09 Å². The molecule has 3 fully saturated rings. The van der Waals surface area contributed by atoms with Gasteiger partial charge in [-0.25, -0.2) is 0 Å². The third-order valence-corrected chi connectivity index (χ3v) is 8.46. The molecule has 0 spiro atoms. The van der Waals surface area contributed by atoms with Gasteiger partial charge in [0, 0.05) is 30.1 Å². The van der Waals surface area contributed by atoms with Gasteiger partial charge in [-0.2, -0.15) is 0 Å². The van der Waals surface area contributed by atoms with E-state index < -0.39 is 39.9 Å². The number of nitrogens with zero attached hydrogens (tertiary/aromatic N) is 1.